The summed E-state index contributed by atoms with van der Waals surface area (Å²) < 4.78 is 2.03. The van der Waals surface area contributed by atoms with Crippen molar-refractivity contribution in [2.24, 2.45) is 5.84 Å². The maximum absolute atomic E-state index is 6.02. The molecule has 21 heavy (non-hydrogen) atoms. The quantitative estimate of drug-likeness (QED) is 0.615. The first kappa shape index (κ1) is 14.9. The van der Waals surface area contributed by atoms with Crippen molar-refractivity contribution < 1.29 is 0 Å². The third-order valence-corrected chi connectivity index (χ3v) is 5.29. The van der Waals surface area contributed by atoms with Crippen LogP contribution in [0.1, 0.15) is 63.6 Å². The highest BCUT2D eigenvalue weighted by Crippen LogP contribution is 2.45. The highest BCUT2D eigenvalue weighted by atomic mass is 15.4. The number of hydrogen-bond donors (Lipinski definition) is 2. The lowest BCUT2D eigenvalue weighted by atomic mass is 9.84. The van der Waals surface area contributed by atoms with E-state index in [-0.39, 0.29) is 11.6 Å². The number of aryl methyl sites for hydroxylation is 1. The number of aromatic nitrogens is 3. The van der Waals surface area contributed by atoms with E-state index in [1.54, 1.807) is 0 Å². The number of hydrogen-bond acceptors (Lipinski definition) is 5. The zero-order valence-electron chi connectivity index (χ0n) is 13.1. The fourth-order valence-corrected chi connectivity index (χ4v) is 4.33. The molecular weight excluding hydrogens is 264 g/mol. The number of nitrogens with one attached hydrogen (secondary N) is 1. The molecule has 0 amide bonds. The monoisotopic (exact) mass is 292 g/mol. The molecule has 0 radical (unpaired) electrons. The third kappa shape index (κ3) is 2.60. The van der Waals surface area contributed by atoms with Crippen LogP contribution in [0.15, 0.2) is 6.20 Å². The highest BCUT2D eigenvalue weighted by Gasteiger charge is 2.48. The Kier molecular flexibility index (Phi) is 4.57. The Bertz CT molecular complexity index is 445. The van der Waals surface area contributed by atoms with Crippen LogP contribution in [-0.2, 0) is 6.54 Å². The molecule has 0 spiro atoms. The average molecular weight is 292 g/mol. The lowest BCUT2D eigenvalue weighted by Crippen LogP contribution is -2.56. The molecule has 1 aliphatic carbocycles. The lowest BCUT2D eigenvalue weighted by molar-refractivity contribution is 0.0726. The molecule has 1 saturated carbocycles. The minimum absolute atomic E-state index is 0.125. The molecule has 118 valence electrons. The van der Waals surface area contributed by atoms with Crippen molar-refractivity contribution in [2.75, 3.05) is 13.1 Å². The SMILES string of the molecule is CCCn1nncc1C(NN)C1(N2CCCC2)CCCC1. The maximum atomic E-state index is 6.02. The summed E-state index contributed by atoms with van der Waals surface area (Å²) in [4.78, 5) is 2.67. The molecule has 2 heterocycles. The van der Waals surface area contributed by atoms with Gasteiger partial charge in [0.1, 0.15) is 0 Å². The normalized spacial score (nSPS) is 23.7. The van der Waals surface area contributed by atoms with Crippen molar-refractivity contribution in [1.29, 1.82) is 0 Å². The number of nitrogens with two attached hydrogens (primary N) is 1. The first-order valence-corrected chi connectivity index (χ1v) is 8.41. The van der Waals surface area contributed by atoms with Gasteiger partial charge in [-0.05, 0) is 45.2 Å². The Morgan fingerprint density at radius 2 is 2.00 bits per heavy atom. The molecule has 1 aromatic rings. The van der Waals surface area contributed by atoms with Gasteiger partial charge in [-0.2, -0.15) is 0 Å². The highest BCUT2D eigenvalue weighted by molar-refractivity contribution is 5.15. The molecule has 1 aromatic heterocycles. The summed E-state index contributed by atoms with van der Waals surface area (Å²) in [6.45, 7) is 5.48. The Labute approximate surface area is 127 Å². The Morgan fingerprint density at radius 1 is 1.29 bits per heavy atom. The van der Waals surface area contributed by atoms with Crippen LogP contribution < -0.4 is 11.3 Å². The Morgan fingerprint density at radius 3 is 2.62 bits per heavy atom. The number of nitrogens with zero attached hydrogens (tertiary/aromatic N) is 4. The van der Waals surface area contributed by atoms with Crippen LogP contribution >= 0.6 is 0 Å². The lowest BCUT2D eigenvalue weighted by Gasteiger charge is -2.44. The summed E-state index contributed by atoms with van der Waals surface area (Å²) in [5, 5.41) is 8.39. The molecule has 1 aliphatic heterocycles. The van der Waals surface area contributed by atoms with E-state index >= 15 is 0 Å². The molecule has 0 aromatic carbocycles. The summed E-state index contributed by atoms with van der Waals surface area (Å²) in [5.41, 5.74) is 4.42. The molecule has 0 bridgehead atoms. The summed E-state index contributed by atoms with van der Waals surface area (Å²) in [5.74, 6) is 6.02. The van der Waals surface area contributed by atoms with Crippen molar-refractivity contribution in [2.45, 2.75) is 70.0 Å². The molecule has 1 unspecified atom stereocenters. The predicted octanol–water partition coefficient (Wildman–Crippen LogP) is 1.60. The first-order chi connectivity index (χ1) is 10.3. The smallest absolute Gasteiger partial charge is 0.0828 e. The second kappa shape index (κ2) is 6.42. The Balaban J connectivity index is 1.93. The van der Waals surface area contributed by atoms with Gasteiger partial charge < -0.3 is 0 Å². The summed E-state index contributed by atoms with van der Waals surface area (Å²) in [7, 11) is 0. The van der Waals surface area contributed by atoms with Crippen molar-refractivity contribution in [1.82, 2.24) is 25.3 Å². The third-order valence-electron chi connectivity index (χ3n) is 5.29. The molecule has 6 heteroatoms. The van der Waals surface area contributed by atoms with Gasteiger partial charge in [-0.3, -0.25) is 10.7 Å². The first-order valence-electron chi connectivity index (χ1n) is 8.41. The van der Waals surface area contributed by atoms with Crippen molar-refractivity contribution in [3.63, 3.8) is 0 Å². The van der Waals surface area contributed by atoms with Gasteiger partial charge in [0.2, 0.25) is 0 Å². The van der Waals surface area contributed by atoms with E-state index in [1.807, 2.05) is 10.9 Å². The van der Waals surface area contributed by atoms with E-state index in [2.05, 4.69) is 27.6 Å². The van der Waals surface area contributed by atoms with Crippen LogP contribution in [0.3, 0.4) is 0 Å². The van der Waals surface area contributed by atoms with Gasteiger partial charge in [-0.1, -0.05) is 25.0 Å². The standard InChI is InChI=1S/C15H28N6/c1-2-9-21-13(12-17-19-21)14(18-16)15(7-3-4-8-15)20-10-5-6-11-20/h12,14,18H,2-11,16H2,1H3. The summed E-state index contributed by atoms with van der Waals surface area (Å²) in [6.07, 6.45) is 10.6. The van der Waals surface area contributed by atoms with E-state index in [1.165, 1.54) is 51.6 Å². The minimum atomic E-state index is 0.125. The van der Waals surface area contributed by atoms with Crippen LogP contribution in [-0.4, -0.2) is 38.5 Å². The molecule has 3 N–H and O–H groups in total. The molecule has 2 fully saturated rings. The van der Waals surface area contributed by atoms with Gasteiger partial charge in [-0.15, -0.1) is 5.10 Å². The van der Waals surface area contributed by atoms with Gasteiger partial charge in [-0.25, -0.2) is 10.1 Å². The zero-order chi connectivity index (χ0) is 14.7. The zero-order valence-corrected chi connectivity index (χ0v) is 13.1. The average Bonchev–Trinajstić information content (AvgIpc) is 3.21. The van der Waals surface area contributed by atoms with Gasteiger partial charge >= 0.3 is 0 Å². The maximum Gasteiger partial charge on any atom is 0.0828 e. The summed E-state index contributed by atoms with van der Waals surface area (Å²) in [6, 6.07) is 0.125. The van der Waals surface area contributed by atoms with Crippen molar-refractivity contribution in [3.05, 3.63) is 11.9 Å². The molecule has 2 aliphatic rings. The number of rotatable bonds is 6. The molecule has 1 atom stereocenters. The van der Waals surface area contributed by atoms with Crippen LogP contribution in [0.2, 0.25) is 0 Å². The van der Waals surface area contributed by atoms with Gasteiger partial charge in [0, 0.05) is 12.1 Å². The number of hydrazine groups is 1. The topological polar surface area (TPSA) is 72.0 Å². The number of likely N-dealkylation sites (tertiary alicyclic amines) is 1. The minimum Gasteiger partial charge on any atom is -0.296 e. The van der Waals surface area contributed by atoms with Gasteiger partial charge in [0.15, 0.2) is 0 Å². The van der Waals surface area contributed by atoms with Crippen LogP contribution in [0, 0.1) is 0 Å². The fraction of sp³-hybridized carbons (Fsp3) is 0.867. The summed E-state index contributed by atoms with van der Waals surface area (Å²) >= 11 is 0. The van der Waals surface area contributed by atoms with Gasteiger partial charge in [0.25, 0.3) is 0 Å². The van der Waals surface area contributed by atoms with Crippen LogP contribution in [0.5, 0.6) is 0 Å². The van der Waals surface area contributed by atoms with E-state index in [0.29, 0.717) is 0 Å². The largest absolute Gasteiger partial charge is 0.296 e. The van der Waals surface area contributed by atoms with E-state index in [9.17, 15) is 0 Å². The van der Waals surface area contributed by atoms with Crippen LogP contribution in [0.4, 0.5) is 0 Å². The van der Waals surface area contributed by atoms with E-state index < -0.39 is 0 Å². The second-order valence-corrected chi connectivity index (χ2v) is 6.49. The molecule has 1 saturated heterocycles. The van der Waals surface area contributed by atoms with E-state index in [4.69, 9.17) is 5.84 Å². The van der Waals surface area contributed by atoms with Crippen LogP contribution in [0.25, 0.3) is 0 Å². The van der Waals surface area contributed by atoms with Crippen molar-refractivity contribution in [3.8, 4) is 0 Å². The molecular formula is C15H28N6. The Hall–Kier alpha value is -0.980. The predicted molar refractivity (Wildman–Crippen MR) is 82.4 cm³/mol. The van der Waals surface area contributed by atoms with Crippen molar-refractivity contribution >= 4 is 0 Å². The molecule has 3 rings (SSSR count). The van der Waals surface area contributed by atoms with E-state index in [0.717, 1.165) is 18.7 Å². The fourth-order valence-electron chi connectivity index (χ4n) is 4.33. The van der Waals surface area contributed by atoms with Gasteiger partial charge in [0.05, 0.1) is 17.9 Å². The molecule has 6 nitrogen and oxygen atoms in total. The second-order valence-electron chi connectivity index (χ2n) is 6.49.